The quantitative estimate of drug-likeness (QED) is 0.468. The van der Waals surface area contributed by atoms with Gasteiger partial charge in [-0.15, -0.1) is 0 Å². The maximum atomic E-state index is 2.18. The highest BCUT2D eigenvalue weighted by molar-refractivity contribution is 4.12. The molecule has 0 aliphatic heterocycles. The Morgan fingerprint density at radius 3 is 0.667 bits per heavy atom. The topological polar surface area (TPSA) is 0 Å². The first-order valence-electron chi connectivity index (χ1n) is 5.33. The lowest BCUT2D eigenvalue weighted by Gasteiger charge is -1.68. The van der Waals surface area contributed by atoms with Crippen molar-refractivity contribution in [2.45, 2.75) is 82.1 Å². The third-order valence-electron chi connectivity index (χ3n) is 0.500. The van der Waals surface area contributed by atoms with Crippen LogP contribution in [0.4, 0.5) is 0 Å². The zero-order chi connectivity index (χ0) is 10.1. The second kappa shape index (κ2) is 122. The first kappa shape index (κ1) is 29.6. The Morgan fingerprint density at radius 2 is 0.667 bits per heavy atom. The molecule has 0 atom stereocenters. The standard InChI is InChI=1S/C4H10.C3H8.2C2H6.CH4/c1-3-4-2;1-3-2;2*1-2;/h3-4H2,1-2H3;3H2,1-2H3;2*1-2H3;1H4. The summed E-state index contributed by atoms with van der Waals surface area (Å²) in [6.07, 6.45) is 3.89. The predicted octanol–water partition coefficient (Wildman–Crippen LogP) is 5.91. The van der Waals surface area contributed by atoms with Gasteiger partial charge in [-0.2, -0.15) is 0 Å². The van der Waals surface area contributed by atoms with E-state index in [-0.39, 0.29) is 7.43 Å². The number of rotatable bonds is 1. The van der Waals surface area contributed by atoms with Crippen LogP contribution in [0.1, 0.15) is 82.1 Å². The van der Waals surface area contributed by atoms with Gasteiger partial charge in [-0.1, -0.05) is 82.1 Å². The summed E-state index contributed by atoms with van der Waals surface area (Å²) in [5.41, 5.74) is 0. The first-order chi connectivity index (χ1) is 5.33. The SMILES string of the molecule is C.CC.CC.CCC.CCCC. The van der Waals surface area contributed by atoms with Crippen LogP contribution >= 0.6 is 0 Å². The fraction of sp³-hybridized carbons (Fsp3) is 1.00. The van der Waals surface area contributed by atoms with Crippen LogP contribution in [-0.2, 0) is 0 Å². The van der Waals surface area contributed by atoms with E-state index in [0.29, 0.717) is 0 Å². The molecule has 0 aliphatic rings. The molecule has 0 spiro atoms. The molecule has 0 aromatic rings. The van der Waals surface area contributed by atoms with Crippen molar-refractivity contribution in [2.24, 2.45) is 0 Å². The minimum atomic E-state index is 0. The molecule has 12 heavy (non-hydrogen) atoms. The molecule has 0 heterocycles. The second-order valence-corrected chi connectivity index (χ2v) is 1.71. The van der Waals surface area contributed by atoms with Crippen molar-refractivity contribution in [3.63, 3.8) is 0 Å². The monoisotopic (exact) mass is 178 g/mol. The van der Waals surface area contributed by atoms with E-state index in [1.165, 1.54) is 19.3 Å². The predicted molar refractivity (Wildman–Crippen MR) is 66.0 cm³/mol. The minimum Gasteiger partial charge on any atom is -0.0776 e. The summed E-state index contributed by atoms with van der Waals surface area (Å²) >= 11 is 0. The van der Waals surface area contributed by atoms with Crippen LogP contribution in [-0.4, -0.2) is 0 Å². The average Bonchev–Trinajstić information content (AvgIpc) is 2.12. The molecule has 0 amide bonds. The summed E-state index contributed by atoms with van der Waals surface area (Å²) in [5, 5.41) is 0. The molecule has 0 radical (unpaired) electrons. The molecule has 0 aromatic heterocycles. The molecular formula is C12H34. The van der Waals surface area contributed by atoms with Crippen LogP contribution in [0.3, 0.4) is 0 Å². The van der Waals surface area contributed by atoms with Gasteiger partial charge in [0.05, 0.1) is 0 Å². The third kappa shape index (κ3) is 810. The minimum absolute atomic E-state index is 0. The fourth-order valence-corrected chi connectivity index (χ4v) is 0. The van der Waals surface area contributed by atoms with Crippen LogP contribution in [0.25, 0.3) is 0 Å². The number of hydrogen-bond donors (Lipinski definition) is 0. The van der Waals surface area contributed by atoms with Gasteiger partial charge in [0.25, 0.3) is 0 Å². The Hall–Kier alpha value is 0. The van der Waals surface area contributed by atoms with E-state index < -0.39 is 0 Å². The lowest BCUT2D eigenvalue weighted by atomic mass is 10.4. The van der Waals surface area contributed by atoms with Gasteiger partial charge in [0, 0.05) is 0 Å². The maximum absolute atomic E-state index is 2.18. The zero-order valence-corrected chi connectivity index (χ0v) is 10.1. The maximum Gasteiger partial charge on any atom is -0.0564 e. The molecule has 0 saturated heterocycles. The molecule has 0 heteroatoms. The van der Waals surface area contributed by atoms with E-state index in [1.54, 1.807) is 0 Å². The lowest BCUT2D eigenvalue weighted by Crippen LogP contribution is -1.47. The fourth-order valence-electron chi connectivity index (χ4n) is 0. The van der Waals surface area contributed by atoms with Crippen molar-refractivity contribution in [3.8, 4) is 0 Å². The van der Waals surface area contributed by atoms with Gasteiger partial charge in [0.2, 0.25) is 0 Å². The Balaban J connectivity index is -0.0000000186. The molecule has 0 nitrogen and oxygen atoms in total. The highest BCUT2D eigenvalue weighted by Crippen LogP contribution is 1.76. The highest BCUT2D eigenvalue weighted by Gasteiger charge is 1.56. The van der Waals surface area contributed by atoms with Crippen LogP contribution in [0.2, 0.25) is 0 Å². The third-order valence-corrected chi connectivity index (χ3v) is 0.500. The average molecular weight is 178 g/mol. The van der Waals surface area contributed by atoms with Gasteiger partial charge in [-0.05, 0) is 0 Å². The molecule has 0 aliphatic carbocycles. The molecule has 0 unspecified atom stereocenters. The summed E-state index contributed by atoms with van der Waals surface area (Å²) in [7, 11) is 0. The van der Waals surface area contributed by atoms with Gasteiger partial charge in [0.1, 0.15) is 0 Å². The smallest absolute Gasteiger partial charge is 0.0564 e. The van der Waals surface area contributed by atoms with Crippen molar-refractivity contribution >= 4 is 0 Å². The van der Waals surface area contributed by atoms with E-state index in [9.17, 15) is 0 Å². The van der Waals surface area contributed by atoms with Crippen molar-refractivity contribution < 1.29 is 0 Å². The van der Waals surface area contributed by atoms with Gasteiger partial charge >= 0.3 is 0 Å². The zero-order valence-electron chi connectivity index (χ0n) is 10.1. The molecule has 0 rings (SSSR count). The first-order valence-corrected chi connectivity index (χ1v) is 5.33. The summed E-state index contributed by atoms with van der Waals surface area (Å²) in [6.45, 7) is 16.6. The van der Waals surface area contributed by atoms with Crippen molar-refractivity contribution in [1.29, 1.82) is 0 Å². The van der Waals surface area contributed by atoms with Gasteiger partial charge in [-0.3, -0.25) is 0 Å². The van der Waals surface area contributed by atoms with Crippen molar-refractivity contribution in [2.75, 3.05) is 0 Å². The van der Waals surface area contributed by atoms with Crippen LogP contribution in [0.5, 0.6) is 0 Å². The van der Waals surface area contributed by atoms with Crippen molar-refractivity contribution in [1.82, 2.24) is 0 Å². The van der Waals surface area contributed by atoms with Crippen LogP contribution in [0.15, 0.2) is 0 Å². The summed E-state index contributed by atoms with van der Waals surface area (Å²) in [5.74, 6) is 0. The molecule has 82 valence electrons. The van der Waals surface area contributed by atoms with Gasteiger partial charge < -0.3 is 0 Å². The van der Waals surface area contributed by atoms with E-state index >= 15 is 0 Å². The number of hydrogen-bond acceptors (Lipinski definition) is 0. The molecule has 0 bridgehead atoms. The molecule has 0 fully saturated rings. The lowest BCUT2D eigenvalue weighted by molar-refractivity contribution is 0.886. The Labute approximate surface area is 82.8 Å². The van der Waals surface area contributed by atoms with E-state index in [4.69, 9.17) is 0 Å². The Morgan fingerprint density at radius 1 is 0.583 bits per heavy atom. The van der Waals surface area contributed by atoms with E-state index in [0.717, 1.165) is 0 Å². The van der Waals surface area contributed by atoms with Crippen LogP contribution < -0.4 is 0 Å². The van der Waals surface area contributed by atoms with Crippen molar-refractivity contribution in [3.05, 3.63) is 0 Å². The van der Waals surface area contributed by atoms with E-state index in [1.807, 2.05) is 27.7 Å². The van der Waals surface area contributed by atoms with Gasteiger partial charge in [0.15, 0.2) is 0 Å². The highest BCUT2D eigenvalue weighted by atomic mass is 13.6. The normalized spacial score (nSPS) is 5.00. The summed E-state index contributed by atoms with van der Waals surface area (Å²) < 4.78 is 0. The molecular weight excluding hydrogens is 144 g/mol. The van der Waals surface area contributed by atoms with Crippen LogP contribution in [0, 0.1) is 0 Å². The molecule has 0 N–H and O–H groups in total. The Bertz CT molecular complexity index is 7.51. The summed E-state index contributed by atoms with van der Waals surface area (Å²) in [6, 6.07) is 0. The van der Waals surface area contributed by atoms with E-state index in [2.05, 4.69) is 27.7 Å². The summed E-state index contributed by atoms with van der Waals surface area (Å²) in [4.78, 5) is 0. The number of unbranched alkanes of at least 4 members (excludes halogenated alkanes) is 1. The molecule has 0 aromatic carbocycles. The van der Waals surface area contributed by atoms with Gasteiger partial charge in [-0.25, -0.2) is 0 Å². The molecule has 0 saturated carbocycles. The largest absolute Gasteiger partial charge is 0.0776 e. The second-order valence-electron chi connectivity index (χ2n) is 1.71. The Kier molecular flexibility index (Phi) is 302.